The molecule has 194 valence electrons. The molecular weight excluding hydrogens is 507 g/mol. The van der Waals surface area contributed by atoms with Gasteiger partial charge in [-0.05, 0) is 61.9 Å². The van der Waals surface area contributed by atoms with Crippen molar-refractivity contribution in [2.24, 2.45) is 5.92 Å². The van der Waals surface area contributed by atoms with E-state index in [-0.39, 0.29) is 28.6 Å². The van der Waals surface area contributed by atoms with Crippen LogP contribution in [-0.2, 0) is 11.0 Å². The highest BCUT2D eigenvalue weighted by molar-refractivity contribution is 7.80. The minimum Gasteiger partial charge on any atom is -0.437 e. The summed E-state index contributed by atoms with van der Waals surface area (Å²) in [6, 6.07) is 10.6. The maximum atomic E-state index is 13.4. The molecule has 0 spiro atoms. The van der Waals surface area contributed by atoms with Gasteiger partial charge in [0.1, 0.15) is 17.8 Å². The van der Waals surface area contributed by atoms with E-state index in [0.29, 0.717) is 29.2 Å². The third-order valence-corrected chi connectivity index (χ3v) is 5.67. The zero-order chi connectivity index (χ0) is 26.4. The van der Waals surface area contributed by atoms with Gasteiger partial charge >= 0.3 is 6.18 Å². The van der Waals surface area contributed by atoms with Gasteiger partial charge in [-0.15, -0.1) is 0 Å². The van der Waals surface area contributed by atoms with Crippen LogP contribution < -0.4 is 26.0 Å². The summed E-state index contributed by atoms with van der Waals surface area (Å²) in [5.41, 5.74) is 0.191. The van der Waals surface area contributed by atoms with Crippen LogP contribution in [0.1, 0.15) is 19.0 Å². The maximum Gasteiger partial charge on any atom is 0.433 e. The van der Waals surface area contributed by atoms with Crippen molar-refractivity contribution in [1.82, 2.24) is 25.6 Å². The quantitative estimate of drug-likeness (QED) is 0.333. The van der Waals surface area contributed by atoms with E-state index in [1.165, 1.54) is 25.4 Å². The van der Waals surface area contributed by atoms with Gasteiger partial charge in [0.25, 0.3) is 0 Å². The lowest BCUT2D eigenvalue weighted by atomic mass is 10.1. The van der Waals surface area contributed by atoms with E-state index in [2.05, 4.69) is 36.2 Å². The second-order valence-electron chi connectivity index (χ2n) is 8.31. The molecule has 3 aromatic rings. The SMILES string of the molecule is CC(=O)NC(=S)Nc1ccccc1Oc1cc(-c2ccc(C(F)(F)F)nc2NCC2CCNC2)ncn1. The van der Waals surface area contributed by atoms with E-state index in [0.717, 1.165) is 25.6 Å². The number of halogens is 3. The fourth-order valence-corrected chi connectivity index (χ4v) is 3.97. The van der Waals surface area contributed by atoms with Crippen molar-refractivity contribution in [1.29, 1.82) is 0 Å². The Balaban J connectivity index is 1.60. The Labute approximate surface area is 216 Å². The molecule has 3 heterocycles. The monoisotopic (exact) mass is 531 g/mol. The molecule has 1 unspecified atom stereocenters. The topological polar surface area (TPSA) is 113 Å². The second-order valence-corrected chi connectivity index (χ2v) is 8.71. The third-order valence-electron chi connectivity index (χ3n) is 5.46. The predicted molar refractivity (Wildman–Crippen MR) is 136 cm³/mol. The van der Waals surface area contributed by atoms with E-state index in [1.54, 1.807) is 24.3 Å². The number of benzene rings is 1. The Hall–Kier alpha value is -3.84. The number of anilines is 2. The molecule has 1 aliphatic rings. The minimum absolute atomic E-state index is 0.0779. The van der Waals surface area contributed by atoms with Crippen molar-refractivity contribution >= 4 is 34.7 Å². The second kappa shape index (κ2) is 11.5. The molecule has 2 aromatic heterocycles. The Kier molecular flexibility index (Phi) is 8.14. The lowest BCUT2D eigenvalue weighted by Crippen LogP contribution is -2.32. The van der Waals surface area contributed by atoms with Gasteiger partial charge in [0.2, 0.25) is 11.8 Å². The molecule has 0 radical (unpaired) electrons. The Bertz CT molecular complexity index is 1280. The first kappa shape index (κ1) is 26.2. The van der Waals surface area contributed by atoms with Gasteiger partial charge in [-0.25, -0.2) is 15.0 Å². The molecule has 0 saturated carbocycles. The number of nitrogens with zero attached hydrogens (tertiary/aromatic N) is 3. The molecule has 4 N–H and O–H groups in total. The summed E-state index contributed by atoms with van der Waals surface area (Å²) >= 11 is 5.11. The Morgan fingerprint density at radius 2 is 2.03 bits per heavy atom. The minimum atomic E-state index is -4.58. The molecule has 37 heavy (non-hydrogen) atoms. The van der Waals surface area contributed by atoms with Crippen molar-refractivity contribution in [2.45, 2.75) is 19.5 Å². The number of rotatable bonds is 7. The molecule has 1 saturated heterocycles. The largest absolute Gasteiger partial charge is 0.437 e. The Morgan fingerprint density at radius 1 is 1.22 bits per heavy atom. The average Bonchev–Trinajstić information content (AvgIpc) is 3.37. The fourth-order valence-electron chi connectivity index (χ4n) is 3.72. The van der Waals surface area contributed by atoms with Gasteiger partial charge in [-0.1, -0.05) is 12.1 Å². The van der Waals surface area contributed by atoms with Crippen molar-refractivity contribution in [2.75, 3.05) is 30.3 Å². The zero-order valence-electron chi connectivity index (χ0n) is 19.7. The molecule has 0 aliphatic carbocycles. The molecule has 1 fully saturated rings. The van der Waals surface area contributed by atoms with Crippen LogP contribution in [-0.4, -0.2) is 45.6 Å². The van der Waals surface area contributed by atoms with E-state index in [4.69, 9.17) is 17.0 Å². The van der Waals surface area contributed by atoms with E-state index >= 15 is 0 Å². The van der Waals surface area contributed by atoms with Crippen LogP contribution in [0, 0.1) is 5.92 Å². The molecule has 1 aliphatic heterocycles. The molecule has 0 bridgehead atoms. The van der Waals surface area contributed by atoms with Crippen LogP contribution in [0.2, 0.25) is 0 Å². The highest BCUT2D eigenvalue weighted by Crippen LogP contribution is 2.34. The number of hydrogen-bond donors (Lipinski definition) is 4. The molecular formula is C24H24F3N7O2S. The fraction of sp³-hybridized carbons (Fsp3) is 0.292. The smallest absolute Gasteiger partial charge is 0.433 e. The number of aromatic nitrogens is 3. The lowest BCUT2D eigenvalue weighted by Gasteiger charge is -2.16. The highest BCUT2D eigenvalue weighted by atomic mass is 32.1. The molecule has 4 rings (SSSR count). The first-order valence-electron chi connectivity index (χ1n) is 11.4. The highest BCUT2D eigenvalue weighted by Gasteiger charge is 2.33. The van der Waals surface area contributed by atoms with Crippen molar-refractivity contribution in [3.05, 3.63) is 54.5 Å². The summed E-state index contributed by atoms with van der Waals surface area (Å²) in [6.45, 7) is 3.46. The van der Waals surface area contributed by atoms with Crippen molar-refractivity contribution in [3.8, 4) is 22.9 Å². The first-order chi connectivity index (χ1) is 17.7. The van der Waals surface area contributed by atoms with Gasteiger partial charge < -0.3 is 26.0 Å². The lowest BCUT2D eigenvalue weighted by molar-refractivity contribution is -0.141. The number of pyridine rings is 1. The normalized spacial score (nSPS) is 15.2. The van der Waals surface area contributed by atoms with Crippen LogP contribution in [0.5, 0.6) is 11.6 Å². The number of thiocarbonyl (C=S) groups is 1. The summed E-state index contributed by atoms with van der Waals surface area (Å²) in [7, 11) is 0. The summed E-state index contributed by atoms with van der Waals surface area (Å²) in [5, 5.41) is 11.7. The van der Waals surface area contributed by atoms with Crippen LogP contribution in [0.3, 0.4) is 0 Å². The van der Waals surface area contributed by atoms with Gasteiger partial charge in [0, 0.05) is 25.1 Å². The predicted octanol–water partition coefficient (Wildman–Crippen LogP) is 4.20. The van der Waals surface area contributed by atoms with Gasteiger partial charge in [-0.3, -0.25) is 4.79 Å². The maximum absolute atomic E-state index is 13.4. The van der Waals surface area contributed by atoms with Crippen LogP contribution in [0.15, 0.2) is 48.8 Å². The number of nitrogens with one attached hydrogen (secondary N) is 4. The summed E-state index contributed by atoms with van der Waals surface area (Å²) in [4.78, 5) is 23.5. The third kappa shape index (κ3) is 7.11. The van der Waals surface area contributed by atoms with Crippen molar-refractivity contribution in [3.63, 3.8) is 0 Å². The van der Waals surface area contributed by atoms with E-state index < -0.39 is 11.9 Å². The number of hydrogen-bond acceptors (Lipinski definition) is 8. The summed E-state index contributed by atoms with van der Waals surface area (Å²) in [5.74, 6) is 0.540. The van der Waals surface area contributed by atoms with Crippen LogP contribution in [0.4, 0.5) is 24.7 Å². The standard InChI is InChI=1S/C24H24F3N7O2S/c1-14(35)32-23(37)33-17-4-2-3-5-19(17)36-21-10-18(30-13-31-21)16-6-7-20(24(25,26)27)34-22(16)29-12-15-8-9-28-11-15/h2-7,10,13,15,28H,8-9,11-12H2,1H3,(H,29,34)(H2,32,33,35,37). The molecule has 1 atom stereocenters. The number of carbonyl (C=O) groups excluding carboxylic acids is 1. The van der Waals surface area contributed by atoms with Gasteiger partial charge in [0.15, 0.2) is 10.9 Å². The van der Waals surface area contributed by atoms with Crippen LogP contribution >= 0.6 is 12.2 Å². The summed E-state index contributed by atoms with van der Waals surface area (Å²) in [6.07, 6.45) is -2.41. The number of amides is 1. The molecule has 1 aromatic carbocycles. The molecule has 1 amide bonds. The summed E-state index contributed by atoms with van der Waals surface area (Å²) < 4.78 is 46.0. The van der Waals surface area contributed by atoms with Crippen LogP contribution in [0.25, 0.3) is 11.3 Å². The number of carbonyl (C=O) groups is 1. The van der Waals surface area contributed by atoms with E-state index in [1.807, 2.05) is 0 Å². The molecule has 13 heteroatoms. The average molecular weight is 532 g/mol. The Morgan fingerprint density at radius 3 is 2.76 bits per heavy atom. The number of ether oxygens (including phenoxy) is 1. The van der Waals surface area contributed by atoms with E-state index in [9.17, 15) is 18.0 Å². The zero-order valence-corrected chi connectivity index (χ0v) is 20.5. The van der Waals surface area contributed by atoms with Gasteiger partial charge in [-0.2, -0.15) is 13.2 Å². The number of alkyl halides is 3. The van der Waals surface area contributed by atoms with Gasteiger partial charge in [0.05, 0.1) is 11.4 Å². The van der Waals surface area contributed by atoms with Crippen molar-refractivity contribution < 1.29 is 22.7 Å². The number of para-hydroxylation sites is 2. The molecule has 9 nitrogen and oxygen atoms in total. The first-order valence-corrected chi connectivity index (χ1v) is 11.8.